The van der Waals surface area contributed by atoms with Gasteiger partial charge in [0.1, 0.15) is 11.9 Å². The molecule has 1 rings (SSSR count). The van der Waals surface area contributed by atoms with Crippen LogP contribution in [0.25, 0.3) is 0 Å². The lowest BCUT2D eigenvalue weighted by Gasteiger charge is -2.22. The van der Waals surface area contributed by atoms with E-state index >= 15 is 0 Å². The molecule has 0 saturated carbocycles. The van der Waals surface area contributed by atoms with Crippen molar-refractivity contribution in [2.45, 2.75) is 13.0 Å². The van der Waals surface area contributed by atoms with Gasteiger partial charge in [0.25, 0.3) is 0 Å². The molecule has 0 fully saturated rings. The van der Waals surface area contributed by atoms with Crippen LogP contribution >= 0.6 is 0 Å². The van der Waals surface area contributed by atoms with Crippen molar-refractivity contribution in [2.75, 3.05) is 14.2 Å². The zero-order valence-corrected chi connectivity index (χ0v) is 8.33. The molecule has 0 saturated heterocycles. The maximum absolute atomic E-state index is 11.2. The van der Waals surface area contributed by atoms with E-state index in [1.165, 1.54) is 20.4 Å². The maximum atomic E-state index is 11.2. The van der Waals surface area contributed by atoms with Gasteiger partial charge in [-0.3, -0.25) is 0 Å². The molecule has 14 heavy (non-hydrogen) atoms. The molecule has 0 spiro atoms. The Kier molecular flexibility index (Phi) is 3.14. The second kappa shape index (κ2) is 4.15. The molecule has 0 aliphatic carbocycles. The molecule has 78 valence electrons. The van der Waals surface area contributed by atoms with Crippen molar-refractivity contribution in [1.82, 2.24) is 5.32 Å². The highest BCUT2D eigenvalue weighted by Crippen LogP contribution is 2.20. The monoisotopic (exact) mass is 199 g/mol. The fraction of sp³-hybridized carbons (Fsp3) is 0.444. The quantitative estimate of drug-likeness (QED) is 0.607. The summed E-state index contributed by atoms with van der Waals surface area (Å²) in [6, 6.07) is 0. The Bertz CT molecular complexity index is 306. The van der Waals surface area contributed by atoms with E-state index in [2.05, 4.69) is 10.1 Å². The van der Waals surface area contributed by atoms with Gasteiger partial charge in [0.2, 0.25) is 0 Å². The molecular formula is C9H13NO4. The zero-order chi connectivity index (χ0) is 10.7. The number of rotatable bonds is 2. The number of allylic oxidation sites excluding steroid dienone is 1. The topological polar surface area (TPSA) is 67.8 Å². The van der Waals surface area contributed by atoms with Gasteiger partial charge in [0.05, 0.1) is 25.5 Å². The average Bonchev–Trinajstić information content (AvgIpc) is 2.18. The van der Waals surface area contributed by atoms with Gasteiger partial charge in [0.15, 0.2) is 0 Å². The number of dihydropyridines is 1. The minimum Gasteiger partial charge on any atom is -0.496 e. The number of hydrogen-bond acceptors (Lipinski definition) is 5. The van der Waals surface area contributed by atoms with Crippen LogP contribution in [0.15, 0.2) is 23.2 Å². The Morgan fingerprint density at radius 2 is 2.21 bits per heavy atom. The van der Waals surface area contributed by atoms with Crippen LogP contribution in [0.2, 0.25) is 0 Å². The van der Waals surface area contributed by atoms with E-state index < -0.39 is 12.1 Å². The van der Waals surface area contributed by atoms with Gasteiger partial charge in [-0.25, -0.2) is 4.79 Å². The number of carbonyl (C=O) groups excluding carboxylic acids is 1. The Morgan fingerprint density at radius 3 is 2.71 bits per heavy atom. The molecule has 0 aromatic carbocycles. The van der Waals surface area contributed by atoms with Gasteiger partial charge in [0, 0.05) is 6.20 Å². The first-order chi connectivity index (χ1) is 6.61. The zero-order valence-electron chi connectivity index (χ0n) is 8.33. The summed E-state index contributed by atoms with van der Waals surface area (Å²) in [5.41, 5.74) is 0.808. The summed E-state index contributed by atoms with van der Waals surface area (Å²) in [4.78, 5) is 11.2. The Hall–Kier alpha value is -1.49. The second-order valence-electron chi connectivity index (χ2n) is 2.83. The van der Waals surface area contributed by atoms with Gasteiger partial charge in [-0.2, -0.15) is 0 Å². The number of methoxy groups -OCH3 is 2. The number of esters is 1. The summed E-state index contributed by atoms with van der Waals surface area (Å²) in [5.74, 6) is -0.250. The number of nitrogens with one attached hydrogen (secondary N) is 1. The van der Waals surface area contributed by atoms with Crippen LogP contribution in [-0.2, 0) is 14.3 Å². The lowest BCUT2D eigenvalue weighted by molar-refractivity contribution is -0.137. The van der Waals surface area contributed by atoms with Crippen LogP contribution in [0.5, 0.6) is 0 Å². The molecule has 5 heteroatoms. The fourth-order valence-corrected chi connectivity index (χ4v) is 1.24. The van der Waals surface area contributed by atoms with E-state index in [4.69, 9.17) is 4.74 Å². The van der Waals surface area contributed by atoms with Crippen molar-refractivity contribution in [1.29, 1.82) is 0 Å². The molecular weight excluding hydrogens is 186 g/mol. The SMILES string of the molecule is COC(=O)C1=CNC(C)=C(OC)C1O. The molecule has 1 atom stereocenters. The van der Waals surface area contributed by atoms with E-state index in [9.17, 15) is 9.90 Å². The molecule has 1 unspecified atom stereocenters. The lowest BCUT2D eigenvalue weighted by Crippen LogP contribution is -2.30. The van der Waals surface area contributed by atoms with E-state index in [0.29, 0.717) is 11.5 Å². The fourth-order valence-electron chi connectivity index (χ4n) is 1.24. The third kappa shape index (κ3) is 1.72. The van der Waals surface area contributed by atoms with E-state index in [1.54, 1.807) is 6.92 Å². The molecule has 1 heterocycles. The van der Waals surface area contributed by atoms with E-state index in [1.807, 2.05) is 0 Å². The van der Waals surface area contributed by atoms with Crippen molar-refractivity contribution in [3.05, 3.63) is 23.2 Å². The molecule has 0 bridgehead atoms. The second-order valence-corrected chi connectivity index (χ2v) is 2.83. The van der Waals surface area contributed by atoms with Gasteiger partial charge in [-0.1, -0.05) is 0 Å². The summed E-state index contributed by atoms with van der Waals surface area (Å²) >= 11 is 0. The average molecular weight is 199 g/mol. The predicted molar refractivity (Wildman–Crippen MR) is 49.0 cm³/mol. The van der Waals surface area contributed by atoms with Crippen LogP contribution < -0.4 is 5.32 Å². The highest BCUT2D eigenvalue weighted by atomic mass is 16.5. The lowest BCUT2D eigenvalue weighted by atomic mass is 10.1. The molecule has 2 N–H and O–H groups in total. The Balaban J connectivity index is 2.91. The van der Waals surface area contributed by atoms with Crippen molar-refractivity contribution in [3.8, 4) is 0 Å². The first kappa shape index (κ1) is 10.6. The van der Waals surface area contributed by atoms with Crippen LogP contribution in [0.3, 0.4) is 0 Å². The molecule has 0 aromatic heterocycles. The normalized spacial score (nSPS) is 21.1. The largest absolute Gasteiger partial charge is 0.496 e. The van der Waals surface area contributed by atoms with Crippen LogP contribution in [0, 0.1) is 0 Å². The van der Waals surface area contributed by atoms with Crippen molar-refractivity contribution in [3.63, 3.8) is 0 Å². The summed E-state index contributed by atoms with van der Waals surface area (Å²) in [6.45, 7) is 1.74. The van der Waals surface area contributed by atoms with Crippen LogP contribution in [0.1, 0.15) is 6.92 Å². The molecule has 0 radical (unpaired) electrons. The molecule has 1 aliphatic heterocycles. The van der Waals surface area contributed by atoms with Gasteiger partial charge >= 0.3 is 5.97 Å². The summed E-state index contributed by atoms with van der Waals surface area (Å²) < 4.78 is 9.46. The number of aliphatic hydroxyl groups excluding tert-OH is 1. The predicted octanol–water partition coefficient (Wildman–Crippen LogP) is -0.115. The third-order valence-corrected chi connectivity index (χ3v) is 2.00. The number of ether oxygens (including phenoxy) is 2. The molecule has 5 nitrogen and oxygen atoms in total. The van der Waals surface area contributed by atoms with Crippen molar-refractivity contribution >= 4 is 5.97 Å². The molecule has 0 amide bonds. The minimum absolute atomic E-state index is 0.134. The summed E-state index contributed by atoms with van der Waals surface area (Å²) in [6.07, 6.45) is 0.350. The first-order valence-electron chi connectivity index (χ1n) is 4.09. The van der Waals surface area contributed by atoms with Gasteiger partial charge < -0.3 is 19.9 Å². The van der Waals surface area contributed by atoms with Gasteiger partial charge in [-0.05, 0) is 6.92 Å². The minimum atomic E-state index is -1.06. The van der Waals surface area contributed by atoms with Crippen LogP contribution in [0.4, 0.5) is 0 Å². The van der Waals surface area contributed by atoms with Gasteiger partial charge in [-0.15, -0.1) is 0 Å². The number of hydrogen-bond donors (Lipinski definition) is 2. The Morgan fingerprint density at radius 1 is 1.57 bits per heavy atom. The standard InChI is InChI=1S/C9H13NO4/c1-5-8(13-2)7(11)6(4-10-5)9(12)14-3/h4,7,10-11H,1-3H3. The van der Waals surface area contributed by atoms with Crippen molar-refractivity contribution < 1.29 is 19.4 Å². The first-order valence-corrected chi connectivity index (χ1v) is 4.09. The maximum Gasteiger partial charge on any atom is 0.338 e. The Labute approximate surface area is 82.0 Å². The third-order valence-electron chi connectivity index (χ3n) is 2.00. The highest BCUT2D eigenvalue weighted by Gasteiger charge is 2.28. The molecule has 0 aromatic rings. The highest BCUT2D eigenvalue weighted by molar-refractivity contribution is 5.90. The summed E-state index contributed by atoms with van der Waals surface area (Å²) in [5, 5.41) is 12.5. The number of carbonyl (C=O) groups is 1. The van der Waals surface area contributed by atoms with E-state index in [-0.39, 0.29) is 5.57 Å². The van der Waals surface area contributed by atoms with E-state index in [0.717, 1.165) is 0 Å². The molecule has 1 aliphatic rings. The van der Waals surface area contributed by atoms with Crippen molar-refractivity contribution in [2.24, 2.45) is 0 Å². The van der Waals surface area contributed by atoms with Crippen LogP contribution in [-0.4, -0.2) is 31.4 Å². The number of aliphatic hydroxyl groups is 1. The smallest absolute Gasteiger partial charge is 0.338 e. The summed E-state index contributed by atoms with van der Waals surface area (Å²) in [7, 11) is 2.69.